The first-order valence-electron chi connectivity index (χ1n) is 6.98. The van der Waals surface area contributed by atoms with Gasteiger partial charge in [-0.25, -0.2) is 0 Å². The second kappa shape index (κ2) is 7.70. The molecule has 0 aromatic heterocycles. The molecule has 16 heavy (non-hydrogen) atoms. The highest BCUT2D eigenvalue weighted by Gasteiger charge is 2.42. The maximum atomic E-state index is 10.6. The molecule has 0 saturated heterocycles. The van der Waals surface area contributed by atoms with Crippen molar-refractivity contribution in [1.82, 2.24) is 0 Å². The van der Waals surface area contributed by atoms with Gasteiger partial charge in [0.05, 0.1) is 5.92 Å². The van der Waals surface area contributed by atoms with Crippen LogP contribution in [0, 0.1) is 11.8 Å². The molecule has 1 aliphatic rings. The van der Waals surface area contributed by atoms with E-state index in [1.807, 2.05) is 0 Å². The van der Waals surface area contributed by atoms with Crippen LogP contribution in [0.2, 0.25) is 0 Å². The van der Waals surface area contributed by atoms with Gasteiger partial charge in [-0.1, -0.05) is 58.3 Å². The van der Waals surface area contributed by atoms with Gasteiger partial charge in [-0.05, 0) is 18.8 Å². The van der Waals surface area contributed by atoms with Gasteiger partial charge in [0, 0.05) is 0 Å². The zero-order valence-electron chi connectivity index (χ0n) is 10.6. The number of rotatable bonds is 10. The standard InChI is InChI=1S/C14H26O2/c1-2-3-4-5-6-7-8-9-10-12-11-13(12)14(15)16/h12-13H,2-11H2,1H3,(H,15,16)/t12-,13+/m1/s1. The van der Waals surface area contributed by atoms with E-state index in [-0.39, 0.29) is 5.92 Å². The average molecular weight is 226 g/mol. The molecule has 0 unspecified atom stereocenters. The molecule has 1 aliphatic carbocycles. The second-order valence-corrected chi connectivity index (χ2v) is 5.20. The molecule has 0 bridgehead atoms. The van der Waals surface area contributed by atoms with E-state index in [1.165, 1.54) is 51.4 Å². The summed E-state index contributed by atoms with van der Waals surface area (Å²) in [5.74, 6) is -0.0632. The fourth-order valence-corrected chi connectivity index (χ4v) is 2.41. The molecule has 1 N–H and O–H groups in total. The summed E-state index contributed by atoms with van der Waals surface area (Å²) in [4.78, 5) is 10.6. The molecule has 1 fully saturated rings. The highest BCUT2D eigenvalue weighted by atomic mass is 16.4. The topological polar surface area (TPSA) is 37.3 Å². The summed E-state index contributed by atoms with van der Waals surface area (Å²) in [7, 11) is 0. The van der Waals surface area contributed by atoms with Gasteiger partial charge in [0.1, 0.15) is 0 Å². The van der Waals surface area contributed by atoms with E-state index in [1.54, 1.807) is 0 Å². The number of hydrogen-bond donors (Lipinski definition) is 1. The van der Waals surface area contributed by atoms with Crippen LogP contribution in [0.1, 0.15) is 71.1 Å². The molecular formula is C14H26O2. The Bertz CT molecular complexity index is 201. The van der Waals surface area contributed by atoms with Gasteiger partial charge < -0.3 is 5.11 Å². The van der Waals surface area contributed by atoms with Gasteiger partial charge in [0.15, 0.2) is 0 Å². The van der Waals surface area contributed by atoms with Gasteiger partial charge in [0.25, 0.3) is 0 Å². The van der Waals surface area contributed by atoms with Crippen LogP contribution in [0.25, 0.3) is 0 Å². The predicted octanol–water partition coefficient (Wildman–Crippen LogP) is 4.24. The second-order valence-electron chi connectivity index (χ2n) is 5.20. The summed E-state index contributed by atoms with van der Waals surface area (Å²) in [5, 5.41) is 8.75. The minimum atomic E-state index is -0.579. The lowest BCUT2D eigenvalue weighted by molar-refractivity contribution is -0.138. The summed E-state index contributed by atoms with van der Waals surface area (Å²) in [6.45, 7) is 2.24. The predicted molar refractivity (Wildman–Crippen MR) is 66.5 cm³/mol. The Morgan fingerprint density at radius 1 is 1.06 bits per heavy atom. The molecule has 0 spiro atoms. The van der Waals surface area contributed by atoms with Crippen LogP contribution in [0.5, 0.6) is 0 Å². The molecule has 0 aromatic rings. The van der Waals surface area contributed by atoms with Crippen molar-refractivity contribution in [3.8, 4) is 0 Å². The maximum Gasteiger partial charge on any atom is 0.306 e. The van der Waals surface area contributed by atoms with Crippen LogP contribution < -0.4 is 0 Å². The lowest BCUT2D eigenvalue weighted by atomic mass is 10.1. The first-order chi connectivity index (χ1) is 7.75. The van der Waals surface area contributed by atoms with Crippen LogP contribution in [-0.4, -0.2) is 11.1 Å². The maximum absolute atomic E-state index is 10.6. The molecule has 94 valence electrons. The Morgan fingerprint density at radius 2 is 1.62 bits per heavy atom. The first kappa shape index (κ1) is 13.5. The number of aliphatic carboxylic acids is 1. The van der Waals surface area contributed by atoms with Crippen molar-refractivity contribution in [2.24, 2.45) is 11.8 Å². The third-order valence-corrected chi connectivity index (χ3v) is 3.67. The van der Waals surface area contributed by atoms with Gasteiger partial charge >= 0.3 is 5.97 Å². The summed E-state index contributed by atoms with van der Waals surface area (Å²) in [5.41, 5.74) is 0. The van der Waals surface area contributed by atoms with E-state index >= 15 is 0 Å². The van der Waals surface area contributed by atoms with E-state index in [0.717, 1.165) is 12.8 Å². The van der Waals surface area contributed by atoms with Crippen molar-refractivity contribution in [3.05, 3.63) is 0 Å². The van der Waals surface area contributed by atoms with Gasteiger partial charge in [-0.2, -0.15) is 0 Å². The Morgan fingerprint density at radius 3 is 2.12 bits per heavy atom. The summed E-state index contributed by atoms with van der Waals surface area (Å²) in [6, 6.07) is 0. The van der Waals surface area contributed by atoms with Crippen LogP contribution >= 0.6 is 0 Å². The number of hydrogen-bond acceptors (Lipinski definition) is 1. The third kappa shape index (κ3) is 5.53. The van der Waals surface area contributed by atoms with Gasteiger partial charge in [0.2, 0.25) is 0 Å². The SMILES string of the molecule is CCCCCCCCCC[C@@H]1C[C@@H]1C(=O)O. The van der Waals surface area contributed by atoms with Crippen molar-refractivity contribution in [3.63, 3.8) is 0 Å². The van der Waals surface area contributed by atoms with Crippen molar-refractivity contribution < 1.29 is 9.90 Å². The van der Waals surface area contributed by atoms with Crippen LogP contribution in [-0.2, 0) is 4.79 Å². The van der Waals surface area contributed by atoms with E-state index in [4.69, 9.17) is 5.11 Å². The third-order valence-electron chi connectivity index (χ3n) is 3.67. The fourth-order valence-electron chi connectivity index (χ4n) is 2.41. The molecule has 0 heterocycles. The molecule has 1 saturated carbocycles. The van der Waals surface area contributed by atoms with Crippen LogP contribution in [0.3, 0.4) is 0 Å². The van der Waals surface area contributed by atoms with E-state index in [9.17, 15) is 4.79 Å². The van der Waals surface area contributed by atoms with Crippen molar-refractivity contribution in [2.75, 3.05) is 0 Å². The molecule has 2 heteroatoms. The molecule has 0 aliphatic heterocycles. The molecular weight excluding hydrogens is 200 g/mol. The Balaban J connectivity index is 1.78. The summed E-state index contributed by atoms with van der Waals surface area (Å²) < 4.78 is 0. The quantitative estimate of drug-likeness (QED) is 0.566. The van der Waals surface area contributed by atoms with E-state index in [0.29, 0.717) is 5.92 Å². The molecule has 2 nitrogen and oxygen atoms in total. The number of unbranched alkanes of at least 4 members (excludes halogenated alkanes) is 7. The lowest BCUT2D eigenvalue weighted by Crippen LogP contribution is -1.99. The van der Waals surface area contributed by atoms with E-state index in [2.05, 4.69) is 6.92 Å². The van der Waals surface area contributed by atoms with Gasteiger partial charge in [-0.3, -0.25) is 4.79 Å². The van der Waals surface area contributed by atoms with Crippen LogP contribution in [0.4, 0.5) is 0 Å². The number of carboxylic acid groups (broad SMARTS) is 1. The Labute approximate surface area is 99.4 Å². The Kier molecular flexibility index (Phi) is 6.51. The lowest BCUT2D eigenvalue weighted by Gasteiger charge is -2.01. The van der Waals surface area contributed by atoms with E-state index < -0.39 is 5.97 Å². The largest absolute Gasteiger partial charge is 0.481 e. The van der Waals surface area contributed by atoms with Crippen molar-refractivity contribution in [1.29, 1.82) is 0 Å². The van der Waals surface area contributed by atoms with Crippen molar-refractivity contribution >= 4 is 5.97 Å². The average Bonchev–Trinajstić information content (AvgIpc) is 3.01. The monoisotopic (exact) mass is 226 g/mol. The molecule has 0 amide bonds. The molecule has 2 atom stereocenters. The minimum absolute atomic E-state index is 0.00422. The molecule has 0 aromatic carbocycles. The zero-order valence-corrected chi connectivity index (χ0v) is 10.6. The normalized spacial score (nSPS) is 23.3. The van der Waals surface area contributed by atoms with Crippen LogP contribution in [0.15, 0.2) is 0 Å². The zero-order chi connectivity index (χ0) is 11.8. The first-order valence-corrected chi connectivity index (χ1v) is 6.98. The minimum Gasteiger partial charge on any atom is -0.481 e. The molecule has 1 rings (SSSR count). The summed E-state index contributed by atoms with van der Waals surface area (Å²) in [6.07, 6.45) is 12.8. The smallest absolute Gasteiger partial charge is 0.306 e. The highest BCUT2D eigenvalue weighted by Crippen LogP contribution is 2.42. The Hall–Kier alpha value is -0.530. The van der Waals surface area contributed by atoms with Crippen molar-refractivity contribution in [2.45, 2.75) is 71.1 Å². The molecule has 0 radical (unpaired) electrons. The summed E-state index contributed by atoms with van der Waals surface area (Å²) >= 11 is 0. The number of carbonyl (C=O) groups is 1. The van der Waals surface area contributed by atoms with Gasteiger partial charge in [-0.15, -0.1) is 0 Å². The number of carboxylic acids is 1. The fraction of sp³-hybridized carbons (Fsp3) is 0.929. The highest BCUT2D eigenvalue weighted by molar-refractivity contribution is 5.73.